The van der Waals surface area contributed by atoms with Gasteiger partial charge in [-0.1, -0.05) is 49.4 Å². The number of hydrogen-bond acceptors (Lipinski definition) is 3. The van der Waals surface area contributed by atoms with Gasteiger partial charge in [-0.2, -0.15) is 13.2 Å². The smallest absolute Gasteiger partial charge is 0.416 e. The number of benzene rings is 3. The Labute approximate surface area is 184 Å². The molecule has 6 heteroatoms. The molecular weight excluding hydrogens is 417 g/mol. The summed E-state index contributed by atoms with van der Waals surface area (Å²) in [7, 11) is 1.31. The van der Waals surface area contributed by atoms with Gasteiger partial charge in [-0.05, 0) is 59.9 Å². The van der Waals surface area contributed by atoms with Gasteiger partial charge in [0, 0.05) is 11.5 Å². The number of rotatable bonds is 7. The van der Waals surface area contributed by atoms with Crippen molar-refractivity contribution < 1.29 is 27.5 Å². The van der Waals surface area contributed by atoms with Gasteiger partial charge in [0.25, 0.3) is 0 Å². The molecule has 0 heterocycles. The standard InChI is InChI=1S/C26H23F3O3/c1-3-18(13-17-7-4-11-22(14-17)25(31)32-2)24(30)21-10-5-8-19(15-21)20-9-6-12-23(16-20)26(27,28)29/h4-12,14-16,18H,3,13H2,1-2H3. The van der Waals surface area contributed by atoms with Crippen molar-refractivity contribution in [3.63, 3.8) is 0 Å². The van der Waals surface area contributed by atoms with Crippen LogP contribution in [-0.2, 0) is 17.3 Å². The molecule has 0 aliphatic carbocycles. The first kappa shape index (κ1) is 23.3. The van der Waals surface area contributed by atoms with Crippen LogP contribution in [0.3, 0.4) is 0 Å². The first-order chi connectivity index (χ1) is 15.2. The maximum absolute atomic E-state index is 13.2. The molecule has 0 spiro atoms. The minimum atomic E-state index is -4.44. The monoisotopic (exact) mass is 440 g/mol. The molecule has 0 saturated carbocycles. The lowest BCUT2D eigenvalue weighted by Gasteiger charge is -2.15. The molecule has 0 fully saturated rings. The number of carbonyl (C=O) groups is 2. The van der Waals surface area contributed by atoms with E-state index in [9.17, 15) is 22.8 Å². The molecule has 3 nitrogen and oxygen atoms in total. The van der Waals surface area contributed by atoms with Gasteiger partial charge in [0.05, 0.1) is 18.2 Å². The molecule has 0 aromatic heterocycles. The summed E-state index contributed by atoms with van der Waals surface area (Å²) in [5.41, 5.74) is 1.90. The van der Waals surface area contributed by atoms with Crippen LogP contribution in [0, 0.1) is 5.92 Å². The topological polar surface area (TPSA) is 43.4 Å². The number of hydrogen-bond donors (Lipinski definition) is 0. The van der Waals surface area contributed by atoms with E-state index in [2.05, 4.69) is 0 Å². The predicted molar refractivity (Wildman–Crippen MR) is 116 cm³/mol. The fourth-order valence-corrected chi connectivity index (χ4v) is 3.61. The number of methoxy groups -OCH3 is 1. The van der Waals surface area contributed by atoms with Gasteiger partial charge < -0.3 is 4.74 Å². The molecule has 0 N–H and O–H groups in total. The Hall–Kier alpha value is -3.41. The Morgan fingerprint density at radius 1 is 0.875 bits per heavy atom. The number of ether oxygens (including phenoxy) is 1. The number of carbonyl (C=O) groups excluding carboxylic acids is 2. The van der Waals surface area contributed by atoms with Gasteiger partial charge in [0.1, 0.15) is 0 Å². The van der Waals surface area contributed by atoms with Crippen molar-refractivity contribution in [1.29, 1.82) is 0 Å². The molecule has 0 amide bonds. The predicted octanol–water partition coefficient (Wildman–Crippen LogP) is 6.61. The molecule has 3 aromatic rings. The summed E-state index contributed by atoms with van der Waals surface area (Å²) in [5.74, 6) is -0.871. The van der Waals surface area contributed by atoms with Crippen molar-refractivity contribution >= 4 is 11.8 Å². The number of ketones is 1. The average Bonchev–Trinajstić information content (AvgIpc) is 2.81. The van der Waals surface area contributed by atoms with Crippen LogP contribution >= 0.6 is 0 Å². The van der Waals surface area contributed by atoms with Crippen LogP contribution in [0.25, 0.3) is 11.1 Å². The summed E-state index contributed by atoms with van der Waals surface area (Å²) in [6, 6.07) is 18.7. The first-order valence-corrected chi connectivity index (χ1v) is 10.2. The van der Waals surface area contributed by atoms with E-state index in [1.165, 1.54) is 13.2 Å². The van der Waals surface area contributed by atoms with Gasteiger partial charge in [-0.25, -0.2) is 4.79 Å². The fourth-order valence-electron chi connectivity index (χ4n) is 3.61. The van der Waals surface area contributed by atoms with Crippen molar-refractivity contribution in [2.24, 2.45) is 5.92 Å². The quantitative estimate of drug-likeness (QED) is 0.307. The van der Waals surface area contributed by atoms with E-state index in [4.69, 9.17) is 4.74 Å². The summed E-state index contributed by atoms with van der Waals surface area (Å²) in [4.78, 5) is 25.0. The molecule has 3 rings (SSSR count). The van der Waals surface area contributed by atoms with Crippen molar-refractivity contribution in [1.82, 2.24) is 0 Å². The third kappa shape index (κ3) is 5.44. The largest absolute Gasteiger partial charge is 0.465 e. The molecule has 166 valence electrons. The second-order valence-corrected chi connectivity index (χ2v) is 7.52. The van der Waals surface area contributed by atoms with E-state index >= 15 is 0 Å². The fraction of sp³-hybridized carbons (Fsp3) is 0.231. The Bertz CT molecular complexity index is 1120. The van der Waals surface area contributed by atoms with E-state index < -0.39 is 17.7 Å². The Morgan fingerprint density at radius 3 is 2.16 bits per heavy atom. The minimum Gasteiger partial charge on any atom is -0.465 e. The van der Waals surface area contributed by atoms with E-state index in [1.807, 2.05) is 13.0 Å². The summed E-state index contributed by atoms with van der Waals surface area (Å²) < 4.78 is 44.0. The minimum absolute atomic E-state index is 0.0928. The second kappa shape index (κ2) is 9.81. The van der Waals surface area contributed by atoms with Gasteiger partial charge in [-0.15, -0.1) is 0 Å². The highest BCUT2D eigenvalue weighted by molar-refractivity contribution is 5.99. The van der Waals surface area contributed by atoms with Crippen LogP contribution in [0.15, 0.2) is 72.8 Å². The van der Waals surface area contributed by atoms with Crippen molar-refractivity contribution in [2.75, 3.05) is 7.11 Å². The van der Waals surface area contributed by atoms with Gasteiger partial charge in [0.2, 0.25) is 0 Å². The number of Topliss-reactive ketones (excluding diaryl/α,β-unsaturated/α-hetero) is 1. The number of esters is 1. The molecule has 1 unspecified atom stereocenters. The maximum Gasteiger partial charge on any atom is 0.416 e. The summed E-state index contributed by atoms with van der Waals surface area (Å²) in [5, 5.41) is 0. The molecule has 1 atom stereocenters. The van der Waals surface area contributed by atoms with E-state index in [0.717, 1.165) is 17.7 Å². The maximum atomic E-state index is 13.2. The Morgan fingerprint density at radius 2 is 1.50 bits per heavy atom. The lowest BCUT2D eigenvalue weighted by molar-refractivity contribution is -0.137. The normalized spacial score (nSPS) is 12.3. The lowest BCUT2D eigenvalue weighted by Crippen LogP contribution is -2.17. The van der Waals surface area contributed by atoms with Gasteiger partial charge in [-0.3, -0.25) is 4.79 Å². The summed E-state index contributed by atoms with van der Waals surface area (Å²) in [6.45, 7) is 1.91. The van der Waals surface area contributed by atoms with E-state index in [1.54, 1.807) is 48.5 Å². The molecule has 0 saturated heterocycles. The lowest BCUT2D eigenvalue weighted by atomic mass is 9.88. The van der Waals surface area contributed by atoms with Crippen LogP contribution in [0.1, 0.15) is 45.2 Å². The zero-order valence-electron chi connectivity index (χ0n) is 17.8. The van der Waals surface area contributed by atoms with Crippen LogP contribution in [0.4, 0.5) is 13.2 Å². The number of alkyl halides is 3. The van der Waals surface area contributed by atoms with E-state index in [0.29, 0.717) is 35.1 Å². The van der Waals surface area contributed by atoms with Crippen LogP contribution in [0.5, 0.6) is 0 Å². The molecule has 0 bridgehead atoms. The highest BCUT2D eigenvalue weighted by Crippen LogP contribution is 2.32. The molecule has 0 aliphatic rings. The van der Waals surface area contributed by atoms with Crippen molar-refractivity contribution in [3.05, 3.63) is 95.1 Å². The zero-order valence-corrected chi connectivity index (χ0v) is 17.8. The summed E-state index contributed by atoms with van der Waals surface area (Å²) in [6.07, 6.45) is -3.42. The molecule has 32 heavy (non-hydrogen) atoms. The first-order valence-electron chi connectivity index (χ1n) is 10.2. The van der Waals surface area contributed by atoms with Crippen molar-refractivity contribution in [3.8, 4) is 11.1 Å². The average molecular weight is 440 g/mol. The molecule has 0 radical (unpaired) electrons. The highest BCUT2D eigenvalue weighted by atomic mass is 19.4. The number of halogens is 3. The van der Waals surface area contributed by atoms with Crippen LogP contribution < -0.4 is 0 Å². The molecular formula is C26H23F3O3. The second-order valence-electron chi connectivity index (χ2n) is 7.52. The van der Waals surface area contributed by atoms with Crippen molar-refractivity contribution in [2.45, 2.75) is 25.9 Å². The van der Waals surface area contributed by atoms with Crippen LogP contribution in [-0.4, -0.2) is 18.9 Å². The van der Waals surface area contributed by atoms with Gasteiger partial charge in [0.15, 0.2) is 5.78 Å². The third-order valence-corrected chi connectivity index (χ3v) is 5.36. The zero-order chi connectivity index (χ0) is 23.3. The van der Waals surface area contributed by atoms with Crippen LogP contribution in [0.2, 0.25) is 0 Å². The molecule has 0 aliphatic heterocycles. The Balaban J connectivity index is 1.85. The Kier molecular flexibility index (Phi) is 7.13. The highest BCUT2D eigenvalue weighted by Gasteiger charge is 2.30. The van der Waals surface area contributed by atoms with E-state index in [-0.39, 0.29) is 11.7 Å². The summed E-state index contributed by atoms with van der Waals surface area (Å²) >= 11 is 0. The third-order valence-electron chi connectivity index (χ3n) is 5.36. The SMILES string of the molecule is CCC(Cc1cccc(C(=O)OC)c1)C(=O)c1cccc(-c2cccc(C(F)(F)F)c2)c1. The van der Waals surface area contributed by atoms with Gasteiger partial charge >= 0.3 is 12.1 Å². The molecule has 3 aromatic carbocycles.